The number of hydrogen-bond acceptors (Lipinski definition) is 4. The SMILES string of the molecule is Cc1c(CNC(C)C)oc2cc3c(cc12)OCO3. The second-order valence-electron chi connectivity index (χ2n) is 4.89. The molecule has 2 heterocycles. The maximum Gasteiger partial charge on any atom is 0.231 e. The van der Waals surface area contributed by atoms with Crippen LogP contribution in [0.25, 0.3) is 11.0 Å². The van der Waals surface area contributed by atoms with Crippen LogP contribution in [0.15, 0.2) is 16.5 Å². The lowest BCUT2D eigenvalue weighted by Gasteiger charge is -2.05. The Balaban J connectivity index is 2.00. The molecular formula is C14H17NO3. The molecule has 1 N–H and O–H groups in total. The topological polar surface area (TPSA) is 43.6 Å². The Morgan fingerprint density at radius 2 is 1.94 bits per heavy atom. The van der Waals surface area contributed by atoms with Gasteiger partial charge in [0.1, 0.15) is 11.3 Å². The molecule has 1 aliphatic heterocycles. The lowest BCUT2D eigenvalue weighted by molar-refractivity contribution is 0.174. The van der Waals surface area contributed by atoms with Gasteiger partial charge >= 0.3 is 0 Å². The van der Waals surface area contributed by atoms with Crippen molar-refractivity contribution in [2.75, 3.05) is 6.79 Å². The molecule has 2 aromatic rings. The number of aryl methyl sites for hydroxylation is 1. The maximum atomic E-state index is 5.88. The molecule has 0 spiro atoms. The average molecular weight is 247 g/mol. The molecule has 1 aromatic carbocycles. The van der Waals surface area contributed by atoms with Crippen LogP contribution in [0.1, 0.15) is 25.2 Å². The van der Waals surface area contributed by atoms with Crippen LogP contribution in [0.5, 0.6) is 11.5 Å². The third-order valence-corrected chi connectivity index (χ3v) is 3.20. The van der Waals surface area contributed by atoms with Crippen LogP contribution in [0.4, 0.5) is 0 Å². The Bertz CT molecular complexity index is 586. The van der Waals surface area contributed by atoms with Crippen LogP contribution >= 0.6 is 0 Å². The van der Waals surface area contributed by atoms with Gasteiger partial charge in [0, 0.05) is 17.5 Å². The van der Waals surface area contributed by atoms with Crippen molar-refractivity contribution >= 4 is 11.0 Å². The van der Waals surface area contributed by atoms with Gasteiger partial charge in [0.2, 0.25) is 6.79 Å². The molecule has 0 atom stereocenters. The zero-order valence-corrected chi connectivity index (χ0v) is 10.9. The number of rotatable bonds is 3. The van der Waals surface area contributed by atoms with Crippen molar-refractivity contribution in [1.82, 2.24) is 5.32 Å². The number of hydrogen-bond donors (Lipinski definition) is 1. The normalized spacial score (nSPS) is 13.8. The molecule has 0 unspecified atom stereocenters. The van der Waals surface area contributed by atoms with Crippen LogP contribution in [0, 0.1) is 6.92 Å². The minimum absolute atomic E-state index is 0.294. The molecule has 18 heavy (non-hydrogen) atoms. The number of nitrogens with one attached hydrogen (secondary N) is 1. The minimum atomic E-state index is 0.294. The van der Waals surface area contributed by atoms with Crippen LogP contribution in [0.2, 0.25) is 0 Å². The summed E-state index contributed by atoms with van der Waals surface area (Å²) in [5.74, 6) is 2.54. The predicted molar refractivity (Wildman–Crippen MR) is 69.0 cm³/mol. The van der Waals surface area contributed by atoms with Crippen LogP contribution in [-0.2, 0) is 6.54 Å². The van der Waals surface area contributed by atoms with Crippen molar-refractivity contribution in [1.29, 1.82) is 0 Å². The lowest BCUT2D eigenvalue weighted by Crippen LogP contribution is -2.21. The zero-order valence-electron chi connectivity index (χ0n) is 10.9. The van der Waals surface area contributed by atoms with Gasteiger partial charge in [-0.3, -0.25) is 0 Å². The lowest BCUT2D eigenvalue weighted by atomic mass is 10.1. The second-order valence-corrected chi connectivity index (χ2v) is 4.89. The van der Waals surface area contributed by atoms with E-state index in [9.17, 15) is 0 Å². The molecule has 4 nitrogen and oxygen atoms in total. The smallest absolute Gasteiger partial charge is 0.231 e. The molecule has 1 aromatic heterocycles. The van der Waals surface area contributed by atoms with Gasteiger partial charge in [-0.15, -0.1) is 0 Å². The molecule has 0 saturated carbocycles. The fourth-order valence-electron chi connectivity index (χ4n) is 2.13. The first kappa shape index (κ1) is 11.4. The van der Waals surface area contributed by atoms with Crippen molar-refractivity contribution in [2.45, 2.75) is 33.4 Å². The van der Waals surface area contributed by atoms with Gasteiger partial charge in [-0.05, 0) is 18.6 Å². The molecular weight excluding hydrogens is 230 g/mol. The Morgan fingerprint density at radius 3 is 2.67 bits per heavy atom. The van der Waals surface area contributed by atoms with E-state index < -0.39 is 0 Å². The summed E-state index contributed by atoms with van der Waals surface area (Å²) in [5.41, 5.74) is 2.02. The molecule has 0 bridgehead atoms. The van der Waals surface area contributed by atoms with Crippen molar-refractivity contribution in [3.8, 4) is 11.5 Å². The molecule has 96 valence electrons. The summed E-state index contributed by atoms with van der Waals surface area (Å²) in [6.45, 7) is 7.35. The van der Waals surface area contributed by atoms with E-state index in [0.29, 0.717) is 12.8 Å². The monoisotopic (exact) mass is 247 g/mol. The highest BCUT2D eigenvalue weighted by molar-refractivity contribution is 5.85. The molecule has 0 amide bonds. The largest absolute Gasteiger partial charge is 0.459 e. The maximum absolute atomic E-state index is 5.88. The highest BCUT2D eigenvalue weighted by atomic mass is 16.7. The van der Waals surface area contributed by atoms with E-state index >= 15 is 0 Å². The third-order valence-electron chi connectivity index (χ3n) is 3.20. The fourth-order valence-corrected chi connectivity index (χ4v) is 2.13. The molecule has 3 rings (SSSR count). The first-order chi connectivity index (χ1) is 8.65. The summed E-state index contributed by atoms with van der Waals surface area (Å²) < 4.78 is 16.6. The summed E-state index contributed by atoms with van der Waals surface area (Å²) in [4.78, 5) is 0. The average Bonchev–Trinajstić information content (AvgIpc) is 2.89. The van der Waals surface area contributed by atoms with Crippen LogP contribution in [0.3, 0.4) is 0 Å². The minimum Gasteiger partial charge on any atom is -0.459 e. The Labute approximate surface area is 106 Å². The van der Waals surface area contributed by atoms with E-state index in [-0.39, 0.29) is 0 Å². The van der Waals surface area contributed by atoms with Crippen molar-refractivity contribution < 1.29 is 13.9 Å². The van der Waals surface area contributed by atoms with Gasteiger partial charge in [0.15, 0.2) is 11.5 Å². The van der Waals surface area contributed by atoms with Gasteiger partial charge in [-0.1, -0.05) is 13.8 Å². The van der Waals surface area contributed by atoms with Gasteiger partial charge in [-0.2, -0.15) is 0 Å². The van der Waals surface area contributed by atoms with E-state index in [1.807, 2.05) is 12.1 Å². The van der Waals surface area contributed by atoms with Gasteiger partial charge in [0.25, 0.3) is 0 Å². The Hall–Kier alpha value is -1.68. The molecule has 0 radical (unpaired) electrons. The predicted octanol–water partition coefficient (Wildman–Crippen LogP) is 2.97. The zero-order chi connectivity index (χ0) is 12.7. The molecule has 0 aliphatic carbocycles. The van der Waals surface area contributed by atoms with Gasteiger partial charge < -0.3 is 19.2 Å². The first-order valence-corrected chi connectivity index (χ1v) is 6.20. The fraction of sp³-hybridized carbons (Fsp3) is 0.429. The highest BCUT2D eigenvalue weighted by Crippen LogP contribution is 2.38. The Morgan fingerprint density at radius 1 is 1.22 bits per heavy atom. The van der Waals surface area contributed by atoms with Crippen molar-refractivity contribution in [3.63, 3.8) is 0 Å². The number of benzene rings is 1. The number of furan rings is 1. The van der Waals surface area contributed by atoms with Gasteiger partial charge in [-0.25, -0.2) is 0 Å². The highest BCUT2D eigenvalue weighted by Gasteiger charge is 2.18. The summed E-state index contributed by atoms with van der Waals surface area (Å²) in [5, 5.41) is 4.46. The van der Waals surface area contributed by atoms with E-state index in [1.165, 1.54) is 0 Å². The summed E-state index contributed by atoms with van der Waals surface area (Å²) in [6, 6.07) is 4.34. The number of ether oxygens (including phenoxy) is 2. The first-order valence-electron chi connectivity index (χ1n) is 6.20. The second kappa shape index (κ2) is 4.21. The Kier molecular flexibility index (Phi) is 2.67. The summed E-state index contributed by atoms with van der Waals surface area (Å²) in [7, 11) is 0. The molecule has 0 saturated heterocycles. The molecule has 4 heteroatoms. The number of fused-ring (bicyclic) bond motifs is 2. The van der Waals surface area contributed by atoms with Crippen molar-refractivity contribution in [2.24, 2.45) is 0 Å². The van der Waals surface area contributed by atoms with Crippen LogP contribution in [-0.4, -0.2) is 12.8 Å². The third kappa shape index (κ3) is 1.82. The van der Waals surface area contributed by atoms with Crippen molar-refractivity contribution in [3.05, 3.63) is 23.5 Å². The molecule has 1 aliphatic rings. The van der Waals surface area contributed by atoms with E-state index in [4.69, 9.17) is 13.9 Å². The van der Waals surface area contributed by atoms with Gasteiger partial charge in [0.05, 0.1) is 6.54 Å². The van der Waals surface area contributed by atoms with E-state index in [0.717, 1.165) is 40.3 Å². The quantitative estimate of drug-likeness (QED) is 0.905. The standard InChI is InChI=1S/C14H17NO3/c1-8(2)15-6-14-9(3)10-4-12-13(17-7-16-12)5-11(10)18-14/h4-5,8,15H,6-7H2,1-3H3. The summed E-state index contributed by atoms with van der Waals surface area (Å²) in [6.07, 6.45) is 0. The van der Waals surface area contributed by atoms with E-state index in [2.05, 4.69) is 26.1 Å². The van der Waals surface area contributed by atoms with E-state index in [1.54, 1.807) is 0 Å². The summed E-state index contributed by atoms with van der Waals surface area (Å²) >= 11 is 0. The molecule has 0 fully saturated rings. The van der Waals surface area contributed by atoms with Crippen LogP contribution < -0.4 is 14.8 Å².